The molecule has 18 heavy (non-hydrogen) atoms. The standard InChI is InChI=1S/C14H22ClNOS/c1-2-6-16-13(14-12(15)5-9-18-14)10-11-3-7-17-8-4-11/h5,9,11,13,16H,2-4,6-8,10H2,1H3. The number of rotatable bonds is 6. The fourth-order valence-electron chi connectivity index (χ4n) is 2.47. The molecule has 1 N–H and O–H groups in total. The first kappa shape index (κ1) is 14.3. The van der Waals surface area contributed by atoms with E-state index in [1.165, 1.54) is 24.1 Å². The second-order valence-corrected chi connectivity index (χ2v) is 6.29. The topological polar surface area (TPSA) is 21.3 Å². The van der Waals surface area contributed by atoms with Gasteiger partial charge in [0.15, 0.2) is 0 Å². The number of thiophene rings is 1. The molecule has 0 bridgehead atoms. The molecule has 1 aliphatic rings. The van der Waals surface area contributed by atoms with Crippen LogP contribution in [0.4, 0.5) is 0 Å². The second kappa shape index (κ2) is 7.49. The maximum absolute atomic E-state index is 6.28. The molecule has 0 spiro atoms. The van der Waals surface area contributed by atoms with Crippen molar-refractivity contribution in [1.29, 1.82) is 0 Å². The number of halogens is 1. The van der Waals surface area contributed by atoms with E-state index < -0.39 is 0 Å². The second-order valence-electron chi connectivity index (χ2n) is 4.93. The van der Waals surface area contributed by atoms with E-state index in [9.17, 15) is 0 Å². The molecule has 2 heterocycles. The van der Waals surface area contributed by atoms with Gasteiger partial charge >= 0.3 is 0 Å². The van der Waals surface area contributed by atoms with E-state index in [-0.39, 0.29) is 0 Å². The monoisotopic (exact) mass is 287 g/mol. The van der Waals surface area contributed by atoms with E-state index in [1.807, 2.05) is 6.07 Å². The summed E-state index contributed by atoms with van der Waals surface area (Å²) in [6.07, 6.45) is 4.72. The minimum absolute atomic E-state index is 0.417. The minimum atomic E-state index is 0.417. The molecule has 0 amide bonds. The van der Waals surface area contributed by atoms with Crippen LogP contribution in [-0.2, 0) is 4.74 Å². The summed E-state index contributed by atoms with van der Waals surface area (Å²) in [4.78, 5) is 1.30. The number of hydrogen-bond acceptors (Lipinski definition) is 3. The zero-order valence-electron chi connectivity index (χ0n) is 11.0. The van der Waals surface area contributed by atoms with Gasteiger partial charge in [0.05, 0.1) is 5.02 Å². The van der Waals surface area contributed by atoms with Gasteiger partial charge in [-0.1, -0.05) is 18.5 Å². The Morgan fingerprint density at radius 3 is 2.89 bits per heavy atom. The van der Waals surface area contributed by atoms with Crippen molar-refractivity contribution in [3.63, 3.8) is 0 Å². The van der Waals surface area contributed by atoms with Crippen LogP contribution in [0.3, 0.4) is 0 Å². The summed E-state index contributed by atoms with van der Waals surface area (Å²) in [6.45, 7) is 5.10. The van der Waals surface area contributed by atoms with Gasteiger partial charge < -0.3 is 10.1 Å². The Labute approximate surface area is 119 Å². The fourth-order valence-corrected chi connectivity index (χ4v) is 3.75. The highest BCUT2D eigenvalue weighted by Gasteiger charge is 2.22. The quantitative estimate of drug-likeness (QED) is 0.844. The van der Waals surface area contributed by atoms with Crippen LogP contribution in [-0.4, -0.2) is 19.8 Å². The Kier molecular flexibility index (Phi) is 5.96. The lowest BCUT2D eigenvalue weighted by molar-refractivity contribution is 0.0606. The largest absolute Gasteiger partial charge is 0.381 e. The van der Waals surface area contributed by atoms with Gasteiger partial charge in [-0.05, 0) is 49.6 Å². The first-order valence-electron chi connectivity index (χ1n) is 6.85. The lowest BCUT2D eigenvalue weighted by Crippen LogP contribution is -2.26. The maximum atomic E-state index is 6.28. The normalized spacial score (nSPS) is 19.0. The molecule has 1 aromatic rings. The first-order valence-corrected chi connectivity index (χ1v) is 8.11. The molecule has 2 nitrogen and oxygen atoms in total. The molecule has 1 fully saturated rings. The molecule has 1 atom stereocenters. The maximum Gasteiger partial charge on any atom is 0.0561 e. The highest BCUT2D eigenvalue weighted by molar-refractivity contribution is 7.10. The van der Waals surface area contributed by atoms with Crippen molar-refractivity contribution in [2.24, 2.45) is 5.92 Å². The molecule has 0 radical (unpaired) electrons. The molecule has 1 unspecified atom stereocenters. The van der Waals surface area contributed by atoms with Crippen molar-refractivity contribution in [3.05, 3.63) is 21.3 Å². The summed E-state index contributed by atoms with van der Waals surface area (Å²) >= 11 is 8.05. The predicted octanol–water partition coefficient (Wildman–Crippen LogP) is 4.26. The van der Waals surface area contributed by atoms with Crippen molar-refractivity contribution in [2.75, 3.05) is 19.8 Å². The van der Waals surface area contributed by atoms with E-state index in [4.69, 9.17) is 16.3 Å². The summed E-state index contributed by atoms with van der Waals surface area (Å²) in [6, 6.07) is 2.42. The van der Waals surface area contributed by atoms with Crippen molar-refractivity contribution < 1.29 is 4.74 Å². The zero-order valence-corrected chi connectivity index (χ0v) is 12.5. The summed E-state index contributed by atoms with van der Waals surface area (Å²) < 4.78 is 5.43. The van der Waals surface area contributed by atoms with Crippen LogP contribution >= 0.6 is 22.9 Å². The van der Waals surface area contributed by atoms with Gasteiger partial charge in [-0.3, -0.25) is 0 Å². The lowest BCUT2D eigenvalue weighted by atomic mass is 9.92. The average molecular weight is 288 g/mol. The van der Waals surface area contributed by atoms with Crippen molar-refractivity contribution in [1.82, 2.24) is 5.32 Å². The summed E-state index contributed by atoms with van der Waals surface area (Å²) in [5.41, 5.74) is 0. The lowest BCUT2D eigenvalue weighted by Gasteiger charge is -2.27. The highest BCUT2D eigenvalue weighted by atomic mass is 35.5. The van der Waals surface area contributed by atoms with Crippen molar-refractivity contribution >= 4 is 22.9 Å². The van der Waals surface area contributed by atoms with E-state index in [0.717, 1.165) is 37.1 Å². The first-order chi connectivity index (χ1) is 8.81. The summed E-state index contributed by atoms with van der Waals surface area (Å²) in [7, 11) is 0. The van der Waals surface area contributed by atoms with Crippen LogP contribution in [0.15, 0.2) is 11.4 Å². The molecule has 0 aliphatic carbocycles. The average Bonchev–Trinajstić information content (AvgIpc) is 2.82. The molecule has 1 aromatic heterocycles. The van der Waals surface area contributed by atoms with Gasteiger partial charge in [0.25, 0.3) is 0 Å². The van der Waals surface area contributed by atoms with Gasteiger partial charge in [0.2, 0.25) is 0 Å². The third-order valence-electron chi connectivity index (χ3n) is 3.51. The summed E-state index contributed by atoms with van der Waals surface area (Å²) in [5, 5.41) is 6.65. The van der Waals surface area contributed by atoms with Crippen LogP contribution in [0.25, 0.3) is 0 Å². The molecule has 1 aliphatic heterocycles. The van der Waals surface area contributed by atoms with Crippen molar-refractivity contribution in [3.8, 4) is 0 Å². The van der Waals surface area contributed by atoms with E-state index in [2.05, 4.69) is 17.6 Å². The Bertz CT molecular complexity index is 349. The van der Waals surface area contributed by atoms with Gasteiger partial charge in [-0.25, -0.2) is 0 Å². The van der Waals surface area contributed by atoms with E-state index in [0.29, 0.717) is 6.04 Å². The fraction of sp³-hybridized carbons (Fsp3) is 0.714. The molecule has 2 rings (SSSR count). The van der Waals surface area contributed by atoms with Gasteiger partial charge in [-0.2, -0.15) is 0 Å². The Balaban J connectivity index is 1.98. The molecule has 0 saturated carbocycles. The van der Waals surface area contributed by atoms with Gasteiger partial charge in [0.1, 0.15) is 0 Å². The van der Waals surface area contributed by atoms with E-state index in [1.54, 1.807) is 11.3 Å². The third kappa shape index (κ3) is 3.95. The third-order valence-corrected chi connectivity index (χ3v) is 4.98. The van der Waals surface area contributed by atoms with Crippen LogP contribution in [0.5, 0.6) is 0 Å². The predicted molar refractivity (Wildman–Crippen MR) is 78.5 cm³/mol. The Morgan fingerprint density at radius 2 is 2.28 bits per heavy atom. The van der Waals surface area contributed by atoms with Crippen molar-refractivity contribution in [2.45, 2.75) is 38.6 Å². The molecule has 4 heteroatoms. The van der Waals surface area contributed by atoms with E-state index >= 15 is 0 Å². The summed E-state index contributed by atoms with van der Waals surface area (Å²) in [5.74, 6) is 0.770. The van der Waals surface area contributed by atoms with Crippen LogP contribution in [0, 0.1) is 5.92 Å². The Morgan fingerprint density at radius 1 is 1.50 bits per heavy atom. The smallest absolute Gasteiger partial charge is 0.0561 e. The zero-order chi connectivity index (χ0) is 12.8. The number of hydrogen-bond donors (Lipinski definition) is 1. The molecule has 1 saturated heterocycles. The van der Waals surface area contributed by atoms with Gasteiger partial charge in [0, 0.05) is 24.1 Å². The van der Waals surface area contributed by atoms with Crippen LogP contribution in [0.2, 0.25) is 5.02 Å². The van der Waals surface area contributed by atoms with Gasteiger partial charge in [-0.15, -0.1) is 11.3 Å². The number of nitrogens with one attached hydrogen (secondary N) is 1. The molecular weight excluding hydrogens is 266 g/mol. The molecular formula is C14H22ClNOS. The SMILES string of the molecule is CCCNC(CC1CCOCC1)c1sccc1Cl. The highest BCUT2D eigenvalue weighted by Crippen LogP contribution is 2.34. The van der Waals surface area contributed by atoms with Crippen LogP contribution in [0.1, 0.15) is 43.5 Å². The molecule has 0 aromatic carbocycles. The minimum Gasteiger partial charge on any atom is -0.381 e. The molecule has 102 valence electrons. The van der Waals surface area contributed by atoms with Crippen LogP contribution < -0.4 is 5.32 Å². The Hall–Kier alpha value is -0.0900. The number of ether oxygens (including phenoxy) is 1.